The maximum Gasteiger partial charge on any atom is 0.408 e. The van der Waals surface area contributed by atoms with Crippen LogP contribution in [0.15, 0.2) is 36.5 Å². The lowest BCUT2D eigenvalue weighted by Gasteiger charge is -2.30. The molecule has 2 amide bonds. The number of rotatable bonds is 9. The number of nitrogens with one attached hydrogen (secondary N) is 3. The maximum absolute atomic E-state index is 12.9. The first kappa shape index (κ1) is 24.7. The quantitative estimate of drug-likeness (QED) is 0.365. The van der Waals surface area contributed by atoms with E-state index >= 15 is 0 Å². The molecule has 0 spiro atoms. The molecule has 178 valence electrons. The maximum atomic E-state index is 12.9. The Morgan fingerprint density at radius 2 is 2.00 bits per heavy atom. The van der Waals surface area contributed by atoms with Crippen LogP contribution in [0.2, 0.25) is 0 Å². The lowest BCUT2D eigenvalue weighted by molar-refractivity contribution is -0.125. The number of nitrogens with zero attached hydrogens (tertiary/aromatic N) is 2. The highest BCUT2D eigenvalue weighted by molar-refractivity contribution is 7.18. The van der Waals surface area contributed by atoms with Crippen LogP contribution in [0.1, 0.15) is 58.1 Å². The summed E-state index contributed by atoms with van der Waals surface area (Å²) in [7, 11) is 0. The highest BCUT2D eigenvalue weighted by Gasteiger charge is 2.35. The van der Waals surface area contributed by atoms with E-state index in [9.17, 15) is 14.7 Å². The molecule has 4 N–H and O–H groups in total. The number of aromatic amines is 1. The third kappa shape index (κ3) is 6.52. The van der Waals surface area contributed by atoms with Crippen LogP contribution >= 0.6 is 11.3 Å². The van der Waals surface area contributed by atoms with Gasteiger partial charge in [0.25, 0.3) is 5.91 Å². The summed E-state index contributed by atoms with van der Waals surface area (Å²) in [6.45, 7) is 7.91. The second-order valence-electron chi connectivity index (χ2n) is 8.97. The van der Waals surface area contributed by atoms with Crippen molar-refractivity contribution in [2.24, 2.45) is 5.41 Å². The molecule has 0 aliphatic heterocycles. The molecule has 0 saturated carbocycles. The van der Waals surface area contributed by atoms with E-state index in [1.54, 1.807) is 6.07 Å². The van der Waals surface area contributed by atoms with Crippen molar-refractivity contribution in [1.82, 2.24) is 20.5 Å². The third-order valence-corrected chi connectivity index (χ3v) is 6.21. The number of thiazole rings is 1. The van der Waals surface area contributed by atoms with Gasteiger partial charge in [-0.2, -0.15) is 5.10 Å². The third-order valence-electron chi connectivity index (χ3n) is 5.13. The molecule has 1 aromatic carbocycles. The first-order chi connectivity index (χ1) is 15.7. The van der Waals surface area contributed by atoms with Gasteiger partial charge in [0.2, 0.25) is 0 Å². The molecule has 0 aliphatic carbocycles. The first-order valence-electron chi connectivity index (χ1n) is 11.0. The summed E-state index contributed by atoms with van der Waals surface area (Å²) >= 11 is 1.48. The number of unbranched alkanes of at least 4 members (excludes halogenated alkanes) is 1. The molecule has 0 fully saturated rings. The fourth-order valence-corrected chi connectivity index (χ4v) is 4.58. The summed E-state index contributed by atoms with van der Waals surface area (Å²) in [6, 6.07) is 8.52. The lowest BCUT2D eigenvalue weighted by atomic mass is 9.89. The number of ether oxygens (including phenoxy) is 1. The van der Waals surface area contributed by atoms with E-state index in [-0.39, 0.29) is 0 Å². The SMILES string of the molecule is CCCC[C@H](NC(=O)O[C@H](c1nc2ccccc2s1)C(C)(C)C)[C@@H](O)C(=O)Nc1ccn[nH]1. The molecule has 3 atom stereocenters. The number of para-hydroxylation sites is 1. The Balaban J connectivity index is 1.73. The van der Waals surface area contributed by atoms with Gasteiger partial charge in [-0.05, 0) is 18.6 Å². The van der Waals surface area contributed by atoms with Gasteiger partial charge in [0.1, 0.15) is 10.8 Å². The molecule has 33 heavy (non-hydrogen) atoms. The highest BCUT2D eigenvalue weighted by atomic mass is 32.1. The van der Waals surface area contributed by atoms with Gasteiger partial charge in [-0.3, -0.25) is 9.89 Å². The zero-order valence-corrected chi connectivity index (χ0v) is 20.1. The summed E-state index contributed by atoms with van der Waals surface area (Å²) in [5, 5.41) is 22.9. The number of carbonyl (C=O) groups is 2. The fourth-order valence-electron chi connectivity index (χ4n) is 3.34. The van der Waals surface area contributed by atoms with Crippen LogP contribution in [0.5, 0.6) is 0 Å². The monoisotopic (exact) mass is 473 g/mol. The Morgan fingerprint density at radius 3 is 2.64 bits per heavy atom. The van der Waals surface area contributed by atoms with Crippen LogP contribution in [0, 0.1) is 5.41 Å². The zero-order chi connectivity index (χ0) is 24.0. The minimum atomic E-state index is -1.46. The lowest BCUT2D eigenvalue weighted by Crippen LogP contribution is -2.49. The number of hydrogen-bond acceptors (Lipinski definition) is 7. The second kappa shape index (κ2) is 10.8. The topological polar surface area (TPSA) is 129 Å². The molecule has 10 heteroatoms. The minimum Gasteiger partial charge on any atom is -0.438 e. The van der Waals surface area contributed by atoms with E-state index in [1.165, 1.54) is 17.5 Å². The molecule has 2 aromatic heterocycles. The van der Waals surface area contributed by atoms with Crippen molar-refractivity contribution < 1.29 is 19.4 Å². The number of amides is 2. The second-order valence-corrected chi connectivity index (χ2v) is 10.0. The van der Waals surface area contributed by atoms with E-state index in [0.29, 0.717) is 17.2 Å². The Morgan fingerprint density at radius 1 is 1.24 bits per heavy atom. The smallest absolute Gasteiger partial charge is 0.408 e. The Hall–Kier alpha value is -2.98. The number of aliphatic hydroxyl groups excluding tert-OH is 1. The van der Waals surface area contributed by atoms with Gasteiger partial charge >= 0.3 is 6.09 Å². The van der Waals surface area contributed by atoms with E-state index in [2.05, 4.69) is 25.8 Å². The minimum absolute atomic E-state index is 0.361. The number of H-pyrrole nitrogens is 1. The van der Waals surface area contributed by atoms with Crippen molar-refractivity contribution >= 4 is 39.4 Å². The number of alkyl carbamates (subject to hydrolysis) is 1. The van der Waals surface area contributed by atoms with Crippen molar-refractivity contribution in [2.45, 2.75) is 65.2 Å². The van der Waals surface area contributed by atoms with Crippen LogP contribution in [-0.2, 0) is 9.53 Å². The fraction of sp³-hybridized carbons (Fsp3) is 0.478. The molecule has 9 nitrogen and oxygen atoms in total. The van der Waals surface area contributed by atoms with E-state index in [0.717, 1.165) is 23.1 Å². The van der Waals surface area contributed by atoms with Gasteiger partial charge in [-0.1, -0.05) is 52.7 Å². The van der Waals surface area contributed by atoms with E-state index in [1.807, 2.05) is 52.0 Å². The molecule has 0 radical (unpaired) electrons. The van der Waals surface area contributed by atoms with Gasteiger partial charge < -0.3 is 20.5 Å². The molecule has 0 unspecified atom stereocenters. The Bertz CT molecular complexity index is 1030. The van der Waals surface area contributed by atoms with Crippen LogP contribution in [0.25, 0.3) is 10.2 Å². The van der Waals surface area contributed by atoms with Crippen molar-refractivity contribution in [3.05, 3.63) is 41.5 Å². The standard InChI is InChI=1S/C23H31N5O4S/c1-5-6-9-15(18(29)20(30)27-17-12-13-24-28-17)26-22(31)32-19(23(2,3)4)21-25-14-10-7-8-11-16(14)33-21/h7-8,10-13,15,18-19,29H,5-6,9H2,1-4H3,(H,26,31)(H2,24,27,28,30)/t15-,18+,19+/m0/s1. The molecule has 0 bridgehead atoms. The predicted octanol–water partition coefficient (Wildman–Crippen LogP) is 4.39. The van der Waals surface area contributed by atoms with Gasteiger partial charge in [-0.15, -0.1) is 11.3 Å². The molecule has 3 aromatic rings. The van der Waals surface area contributed by atoms with Gasteiger partial charge in [0, 0.05) is 11.5 Å². The molecule has 2 heterocycles. The number of hydrogen-bond donors (Lipinski definition) is 4. The predicted molar refractivity (Wildman–Crippen MR) is 128 cm³/mol. The Kier molecular flexibility index (Phi) is 8.04. The van der Waals surface area contributed by atoms with Crippen molar-refractivity contribution in [3.63, 3.8) is 0 Å². The van der Waals surface area contributed by atoms with Crippen molar-refractivity contribution in [3.8, 4) is 0 Å². The van der Waals surface area contributed by atoms with Crippen LogP contribution in [0.3, 0.4) is 0 Å². The molecule has 0 saturated heterocycles. The van der Waals surface area contributed by atoms with Gasteiger partial charge in [-0.25, -0.2) is 9.78 Å². The highest BCUT2D eigenvalue weighted by Crippen LogP contribution is 2.39. The summed E-state index contributed by atoms with van der Waals surface area (Å²) < 4.78 is 6.83. The van der Waals surface area contributed by atoms with Crippen molar-refractivity contribution in [2.75, 3.05) is 5.32 Å². The van der Waals surface area contributed by atoms with Crippen LogP contribution < -0.4 is 10.6 Å². The summed E-state index contributed by atoms with van der Waals surface area (Å²) in [4.78, 5) is 30.0. The van der Waals surface area contributed by atoms with E-state index in [4.69, 9.17) is 4.74 Å². The molecular weight excluding hydrogens is 442 g/mol. The van der Waals surface area contributed by atoms with Crippen LogP contribution in [-0.4, -0.2) is 44.4 Å². The van der Waals surface area contributed by atoms with Gasteiger partial charge in [0.15, 0.2) is 12.2 Å². The zero-order valence-electron chi connectivity index (χ0n) is 19.3. The largest absolute Gasteiger partial charge is 0.438 e. The molecule has 3 rings (SSSR count). The van der Waals surface area contributed by atoms with Crippen LogP contribution in [0.4, 0.5) is 10.6 Å². The summed E-state index contributed by atoms with van der Waals surface area (Å²) in [5.74, 6) is -0.279. The number of anilines is 1. The number of benzene rings is 1. The number of aromatic nitrogens is 3. The van der Waals surface area contributed by atoms with Gasteiger partial charge in [0.05, 0.1) is 22.5 Å². The average Bonchev–Trinajstić information content (AvgIpc) is 3.43. The normalized spacial score (nSPS) is 14.5. The number of carbonyl (C=O) groups excluding carboxylic acids is 2. The molecular formula is C23H31N5O4S. The summed E-state index contributed by atoms with van der Waals surface area (Å²) in [6.07, 6.45) is 0.716. The first-order valence-corrected chi connectivity index (χ1v) is 11.8. The summed E-state index contributed by atoms with van der Waals surface area (Å²) in [5.41, 5.74) is 0.434. The van der Waals surface area contributed by atoms with E-state index < -0.39 is 35.7 Å². The Labute approximate surface area is 197 Å². The number of fused-ring (bicyclic) bond motifs is 1. The number of aliphatic hydroxyl groups is 1. The molecule has 0 aliphatic rings. The average molecular weight is 474 g/mol. The van der Waals surface area contributed by atoms with Crippen molar-refractivity contribution in [1.29, 1.82) is 0 Å².